The summed E-state index contributed by atoms with van der Waals surface area (Å²) in [5.41, 5.74) is 2.28. The lowest BCUT2D eigenvalue weighted by molar-refractivity contribution is 0.0782. The minimum atomic E-state index is -0.0698. The second-order valence-electron chi connectivity index (χ2n) is 5.54. The van der Waals surface area contributed by atoms with Gasteiger partial charge in [-0.3, -0.25) is 4.79 Å². The number of aryl methyl sites for hydroxylation is 1. The van der Waals surface area contributed by atoms with Gasteiger partial charge in [0.05, 0.1) is 6.54 Å². The second kappa shape index (κ2) is 7.08. The maximum atomic E-state index is 12.5. The van der Waals surface area contributed by atoms with Gasteiger partial charge in [0.1, 0.15) is 18.3 Å². The van der Waals surface area contributed by atoms with Crippen molar-refractivity contribution >= 4 is 5.91 Å². The zero-order chi connectivity index (χ0) is 16.9. The number of hydrogen-bond acceptors (Lipinski definition) is 5. The van der Waals surface area contributed by atoms with Crippen LogP contribution in [0.2, 0.25) is 0 Å². The van der Waals surface area contributed by atoms with Crippen LogP contribution in [0.1, 0.15) is 29.4 Å². The summed E-state index contributed by atoms with van der Waals surface area (Å²) in [5, 5.41) is 8.04. The largest absolute Gasteiger partial charge is 0.364 e. The van der Waals surface area contributed by atoms with Gasteiger partial charge in [-0.05, 0) is 18.6 Å². The normalized spacial score (nSPS) is 10.8. The molecule has 0 saturated carbocycles. The Labute approximate surface area is 139 Å². The highest BCUT2D eigenvalue weighted by Gasteiger charge is 2.14. The number of rotatable bonds is 6. The van der Waals surface area contributed by atoms with E-state index in [1.54, 1.807) is 24.3 Å². The summed E-state index contributed by atoms with van der Waals surface area (Å²) in [5.74, 6) is 0.742. The Morgan fingerprint density at radius 3 is 2.71 bits per heavy atom. The SMILES string of the molecule is CCCn1ncnc1-c1ccc(C(=O)N(C)Cc2ccon2)cc1. The average Bonchev–Trinajstić information content (AvgIpc) is 3.26. The molecule has 3 rings (SSSR count). The molecule has 0 bridgehead atoms. The minimum Gasteiger partial charge on any atom is -0.364 e. The van der Waals surface area contributed by atoms with Crippen LogP contribution in [-0.2, 0) is 13.1 Å². The first-order valence-corrected chi connectivity index (χ1v) is 7.82. The van der Waals surface area contributed by atoms with Crippen molar-refractivity contribution in [2.24, 2.45) is 0 Å². The van der Waals surface area contributed by atoms with E-state index in [2.05, 4.69) is 22.2 Å². The quantitative estimate of drug-likeness (QED) is 0.696. The standard InChI is InChI=1S/C17H19N5O2/c1-3-9-22-16(18-12-19-22)13-4-6-14(7-5-13)17(23)21(2)11-15-8-10-24-20-15/h4-8,10,12H,3,9,11H2,1-2H3. The second-order valence-corrected chi connectivity index (χ2v) is 5.54. The molecule has 124 valence electrons. The molecule has 0 spiro atoms. The molecule has 0 aliphatic heterocycles. The van der Waals surface area contributed by atoms with E-state index in [1.165, 1.54) is 6.26 Å². The summed E-state index contributed by atoms with van der Waals surface area (Å²) < 4.78 is 6.65. The molecule has 0 aliphatic carbocycles. The Kier molecular flexibility index (Phi) is 4.69. The van der Waals surface area contributed by atoms with Gasteiger partial charge in [0.15, 0.2) is 5.82 Å². The van der Waals surface area contributed by atoms with Crippen molar-refractivity contribution in [1.82, 2.24) is 24.8 Å². The molecule has 0 atom stereocenters. The molecule has 0 saturated heterocycles. The van der Waals surface area contributed by atoms with Crippen molar-refractivity contribution in [2.45, 2.75) is 26.4 Å². The lowest BCUT2D eigenvalue weighted by atomic mass is 10.1. The zero-order valence-corrected chi connectivity index (χ0v) is 13.7. The van der Waals surface area contributed by atoms with Crippen molar-refractivity contribution in [3.63, 3.8) is 0 Å². The van der Waals surface area contributed by atoms with E-state index >= 15 is 0 Å². The van der Waals surface area contributed by atoms with E-state index in [0.29, 0.717) is 12.1 Å². The van der Waals surface area contributed by atoms with Gasteiger partial charge in [-0.15, -0.1) is 0 Å². The zero-order valence-electron chi connectivity index (χ0n) is 13.7. The van der Waals surface area contributed by atoms with Crippen molar-refractivity contribution in [3.8, 4) is 11.4 Å². The fourth-order valence-electron chi connectivity index (χ4n) is 2.48. The van der Waals surface area contributed by atoms with Crippen LogP contribution in [0, 0.1) is 0 Å². The van der Waals surface area contributed by atoms with E-state index in [-0.39, 0.29) is 5.91 Å². The van der Waals surface area contributed by atoms with Crippen molar-refractivity contribution in [3.05, 3.63) is 54.2 Å². The van der Waals surface area contributed by atoms with E-state index < -0.39 is 0 Å². The van der Waals surface area contributed by atoms with Crippen LogP contribution in [0.5, 0.6) is 0 Å². The molecule has 1 aromatic carbocycles. The smallest absolute Gasteiger partial charge is 0.253 e. The monoisotopic (exact) mass is 325 g/mol. The summed E-state index contributed by atoms with van der Waals surface area (Å²) >= 11 is 0. The van der Waals surface area contributed by atoms with Crippen molar-refractivity contribution < 1.29 is 9.32 Å². The molecule has 0 fully saturated rings. The summed E-state index contributed by atoms with van der Waals surface area (Å²) in [7, 11) is 1.74. The van der Waals surface area contributed by atoms with Gasteiger partial charge >= 0.3 is 0 Å². The molecule has 1 amide bonds. The molecular weight excluding hydrogens is 306 g/mol. The third kappa shape index (κ3) is 3.34. The minimum absolute atomic E-state index is 0.0698. The van der Waals surface area contributed by atoms with Crippen LogP contribution in [-0.4, -0.2) is 37.8 Å². The van der Waals surface area contributed by atoms with Crippen molar-refractivity contribution in [2.75, 3.05) is 7.05 Å². The Balaban J connectivity index is 1.74. The molecular formula is C17H19N5O2. The van der Waals surface area contributed by atoms with Gasteiger partial charge in [-0.1, -0.05) is 24.2 Å². The highest BCUT2D eigenvalue weighted by atomic mass is 16.5. The van der Waals surface area contributed by atoms with Gasteiger partial charge < -0.3 is 9.42 Å². The molecule has 0 aliphatic rings. The molecule has 7 heteroatoms. The third-order valence-electron chi connectivity index (χ3n) is 3.68. The van der Waals surface area contributed by atoms with Crippen LogP contribution in [0.4, 0.5) is 0 Å². The molecule has 24 heavy (non-hydrogen) atoms. The molecule has 2 aromatic heterocycles. The summed E-state index contributed by atoms with van der Waals surface area (Å²) in [4.78, 5) is 18.4. The number of amides is 1. The topological polar surface area (TPSA) is 77.0 Å². The van der Waals surface area contributed by atoms with Gasteiger partial charge in [0.2, 0.25) is 0 Å². The van der Waals surface area contributed by atoms with Crippen LogP contribution in [0.3, 0.4) is 0 Å². The molecule has 2 heterocycles. The Bertz CT molecular complexity index is 793. The number of nitrogens with zero attached hydrogens (tertiary/aromatic N) is 5. The summed E-state index contributed by atoms with van der Waals surface area (Å²) in [6, 6.07) is 9.15. The fraction of sp³-hybridized carbons (Fsp3) is 0.294. The Morgan fingerprint density at radius 1 is 1.25 bits per heavy atom. The van der Waals surface area contributed by atoms with Crippen molar-refractivity contribution in [1.29, 1.82) is 0 Å². The first-order valence-electron chi connectivity index (χ1n) is 7.82. The van der Waals surface area contributed by atoms with E-state index in [1.807, 2.05) is 28.9 Å². The van der Waals surface area contributed by atoms with Gasteiger partial charge in [-0.2, -0.15) is 5.10 Å². The average molecular weight is 325 g/mol. The van der Waals surface area contributed by atoms with Gasteiger partial charge in [0.25, 0.3) is 5.91 Å². The third-order valence-corrected chi connectivity index (χ3v) is 3.68. The molecule has 0 unspecified atom stereocenters. The first kappa shape index (κ1) is 15.9. The maximum Gasteiger partial charge on any atom is 0.253 e. The molecule has 0 N–H and O–H groups in total. The predicted molar refractivity (Wildman–Crippen MR) is 88.0 cm³/mol. The number of aromatic nitrogens is 4. The highest BCUT2D eigenvalue weighted by molar-refractivity contribution is 5.94. The number of benzene rings is 1. The van der Waals surface area contributed by atoms with Crippen LogP contribution in [0.15, 0.2) is 47.4 Å². The number of hydrogen-bond donors (Lipinski definition) is 0. The maximum absolute atomic E-state index is 12.5. The molecule has 0 radical (unpaired) electrons. The lowest BCUT2D eigenvalue weighted by Gasteiger charge is -2.15. The highest BCUT2D eigenvalue weighted by Crippen LogP contribution is 2.18. The summed E-state index contributed by atoms with van der Waals surface area (Å²) in [6.07, 6.45) is 4.03. The predicted octanol–water partition coefficient (Wildman–Crippen LogP) is 2.62. The van der Waals surface area contributed by atoms with Gasteiger partial charge in [-0.25, -0.2) is 9.67 Å². The van der Waals surface area contributed by atoms with Crippen LogP contribution < -0.4 is 0 Å². The van der Waals surface area contributed by atoms with E-state index in [0.717, 1.165) is 30.0 Å². The molecule has 3 aromatic rings. The van der Waals surface area contributed by atoms with E-state index in [9.17, 15) is 4.79 Å². The Hall–Kier alpha value is -2.96. The van der Waals surface area contributed by atoms with Crippen LogP contribution in [0.25, 0.3) is 11.4 Å². The van der Waals surface area contributed by atoms with Crippen LogP contribution >= 0.6 is 0 Å². The number of carbonyl (C=O) groups is 1. The summed E-state index contributed by atoms with van der Waals surface area (Å²) in [6.45, 7) is 3.32. The van der Waals surface area contributed by atoms with E-state index in [4.69, 9.17) is 4.52 Å². The fourth-order valence-corrected chi connectivity index (χ4v) is 2.48. The lowest BCUT2D eigenvalue weighted by Crippen LogP contribution is -2.26. The first-order chi connectivity index (χ1) is 11.7. The molecule has 7 nitrogen and oxygen atoms in total. The number of carbonyl (C=O) groups excluding carboxylic acids is 1. The van der Waals surface area contributed by atoms with Gasteiger partial charge in [0, 0.05) is 30.8 Å². The Morgan fingerprint density at radius 2 is 2.04 bits per heavy atom.